The number of carbonyl (C=O) groups is 1. The van der Waals surface area contributed by atoms with Crippen molar-refractivity contribution in [2.24, 2.45) is 0 Å². The van der Waals surface area contributed by atoms with Gasteiger partial charge in [-0.15, -0.1) is 0 Å². The minimum Gasteiger partial charge on any atom is -0.460 e. The third-order valence-electron chi connectivity index (χ3n) is 4.45. The number of aliphatic hydroxyl groups excluding tert-OH is 1. The van der Waals surface area contributed by atoms with Crippen LogP contribution in [0.2, 0.25) is 0 Å². The molecule has 0 unspecified atom stereocenters. The molecule has 29 heavy (non-hydrogen) atoms. The maximum Gasteiger partial charge on any atom is 0.267 e. The molecular formula is C23H24N2O4. The summed E-state index contributed by atoms with van der Waals surface area (Å²) in [5.74, 6) is 0.618. The van der Waals surface area contributed by atoms with E-state index in [9.17, 15) is 9.90 Å². The molecule has 0 atom stereocenters. The first-order valence-electron chi connectivity index (χ1n) is 9.36. The molecule has 6 nitrogen and oxygen atoms in total. The summed E-state index contributed by atoms with van der Waals surface area (Å²) in [4.78, 5) is 13.1. The van der Waals surface area contributed by atoms with E-state index >= 15 is 0 Å². The number of benzene rings is 2. The Bertz CT molecular complexity index is 933. The molecule has 1 amide bonds. The maximum absolute atomic E-state index is 11.0. The lowest BCUT2D eigenvalue weighted by Gasteiger charge is -2.20. The molecular weight excluding hydrogens is 368 g/mol. The number of furan rings is 1. The number of amides is 1. The van der Waals surface area contributed by atoms with Crippen molar-refractivity contribution < 1.29 is 19.5 Å². The molecule has 3 aromatic rings. The van der Waals surface area contributed by atoms with Gasteiger partial charge in [0.2, 0.25) is 0 Å². The quantitative estimate of drug-likeness (QED) is 0.295. The monoisotopic (exact) mass is 392 g/mol. The van der Waals surface area contributed by atoms with Gasteiger partial charge in [0.25, 0.3) is 5.91 Å². The summed E-state index contributed by atoms with van der Waals surface area (Å²) >= 11 is 0. The predicted molar refractivity (Wildman–Crippen MR) is 111 cm³/mol. The molecule has 3 rings (SSSR count). The molecule has 0 aliphatic rings. The van der Waals surface area contributed by atoms with Crippen LogP contribution in [0, 0.1) is 0 Å². The van der Waals surface area contributed by atoms with Crippen LogP contribution in [0.1, 0.15) is 17.1 Å². The fourth-order valence-electron chi connectivity index (χ4n) is 3.03. The number of aliphatic hydroxyl groups is 1. The number of rotatable bonds is 9. The highest BCUT2D eigenvalue weighted by atomic mass is 16.5. The molecule has 0 radical (unpaired) electrons. The van der Waals surface area contributed by atoms with E-state index in [0.717, 1.165) is 16.9 Å². The standard InChI is InChI=1S/C23H24N2O4/c26-15-14-25(17-22-11-10-21(29-22)12-13-23(27)24-28)16-18-6-8-20(9-7-18)19-4-2-1-3-5-19/h1-13,26,28H,14-17H2,(H,24,27)/b13-12+. The van der Waals surface area contributed by atoms with Crippen molar-refractivity contribution in [1.29, 1.82) is 0 Å². The molecule has 1 aromatic heterocycles. The molecule has 150 valence electrons. The third kappa shape index (κ3) is 6.15. The Balaban J connectivity index is 1.64. The number of carbonyl (C=O) groups excluding carboxylic acids is 1. The van der Waals surface area contributed by atoms with Crippen LogP contribution in [0.25, 0.3) is 17.2 Å². The zero-order chi connectivity index (χ0) is 20.5. The summed E-state index contributed by atoms with van der Waals surface area (Å²) in [6.07, 6.45) is 2.66. The van der Waals surface area contributed by atoms with Crippen molar-refractivity contribution in [1.82, 2.24) is 10.4 Å². The van der Waals surface area contributed by atoms with Gasteiger partial charge < -0.3 is 9.52 Å². The van der Waals surface area contributed by atoms with Crippen LogP contribution in [0.5, 0.6) is 0 Å². The Morgan fingerprint density at radius 2 is 1.69 bits per heavy atom. The average molecular weight is 392 g/mol. The molecule has 0 saturated carbocycles. The van der Waals surface area contributed by atoms with Gasteiger partial charge >= 0.3 is 0 Å². The maximum atomic E-state index is 11.0. The number of nitrogens with one attached hydrogen (secondary N) is 1. The zero-order valence-electron chi connectivity index (χ0n) is 16.0. The van der Waals surface area contributed by atoms with Gasteiger partial charge in [0, 0.05) is 19.2 Å². The highest BCUT2D eigenvalue weighted by Crippen LogP contribution is 2.20. The molecule has 6 heteroatoms. The van der Waals surface area contributed by atoms with Gasteiger partial charge in [0.1, 0.15) is 11.5 Å². The Morgan fingerprint density at radius 1 is 0.966 bits per heavy atom. The van der Waals surface area contributed by atoms with Crippen molar-refractivity contribution in [3.63, 3.8) is 0 Å². The Morgan fingerprint density at radius 3 is 2.38 bits per heavy atom. The molecule has 0 spiro atoms. The summed E-state index contributed by atoms with van der Waals surface area (Å²) in [7, 11) is 0. The van der Waals surface area contributed by atoms with Gasteiger partial charge in [-0.1, -0.05) is 54.6 Å². The summed E-state index contributed by atoms with van der Waals surface area (Å²) < 4.78 is 5.70. The van der Waals surface area contributed by atoms with Crippen LogP contribution in [0.4, 0.5) is 0 Å². The van der Waals surface area contributed by atoms with Crippen LogP contribution in [0.15, 0.2) is 77.2 Å². The van der Waals surface area contributed by atoms with Crippen molar-refractivity contribution in [3.8, 4) is 11.1 Å². The number of hydrogen-bond donors (Lipinski definition) is 3. The predicted octanol–water partition coefficient (Wildman–Crippen LogP) is 3.46. The van der Waals surface area contributed by atoms with E-state index in [0.29, 0.717) is 25.4 Å². The van der Waals surface area contributed by atoms with E-state index in [-0.39, 0.29) is 6.61 Å². The highest BCUT2D eigenvalue weighted by molar-refractivity contribution is 5.90. The minimum atomic E-state index is -0.621. The van der Waals surface area contributed by atoms with Crippen LogP contribution in [-0.2, 0) is 17.9 Å². The lowest BCUT2D eigenvalue weighted by Crippen LogP contribution is -2.25. The average Bonchev–Trinajstić information content (AvgIpc) is 3.20. The molecule has 1 heterocycles. The molecule has 2 aromatic carbocycles. The lowest BCUT2D eigenvalue weighted by molar-refractivity contribution is -0.124. The van der Waals surface area contributed by atoms with Crippen molar-refractivity contribution in [3.05, 3.63) is 89.9 Å². The molecule has 0 saturated heterocycles. The Kier molecular flexibility index (Phi) is 7.35. The second-order valence-electron chi connectivity index (χ2n) is 6.61. The van der Waals surface area contributed by atoms with Crippen LogP contribution < -0.4 is 5.48 Å². The smallest absolute Gasteiger partial charge is 0.267 e. The van der Waals surface area contributed by atoms with E-state index in [2.05, 4.69) is 41.3 Å². The van der Waals surface area contributed by atoms with Crippen LogP contribution in [-0.4, -0.2) is 34.3 Å². The van der Waals surface area contributed by atoms with Crippen LogP contribution >= 0.6 is 0 Å². The SMILES string of the molecule is O=C(/C=C/c1ccc(CN(CCO)Cc2ccc(-c3ccccc3)cc2)o1)NO. The van der Waals surface area contributed by atoms with Crippen molar-refractivity contribution >= 4 is 12.0 Å². The van der Waals surface area contributed by atoms with E-state index in [1.807, 2.05) is 24.3 Å². The first kappa shape index (κ1) is 20.5. The normalized spacial score (nSPS) is 11.3. The van der Waals surface area contributed by atoms with Gasteiger partial charge in [-0.05, 0) is 34.9 Å². The Labute approximate surface area is 169 Å². The number of hydrogen-bond acceptors (Lipinski definition) is 5. The molecule has 0 fully saturated rings. The van der Waals surface area contributed by atoms with Gasteiger partial charge in [0.15, 0.2) is 0 Å². The first-order valence-corrected chi connectivity index (χ1v) is 9.36. The summed E-state index contributed by atoms with van der Waals surface area (Å²) in [5, 5.41) is 17.9. The van der Waals surface area contributed by atoms with E-state index < -0.39 is 5.91 Å². The minimum absolute atomic E-state index is 0.0479. The summed E-state index contributed by atoms with van der Waals surface area (Å²) in [6, 6.07) is 22.2. The third-order valence-corrected chi connectivity index (χ3v) is 4.45. The van der Waals surface area contributed by atoms with Gasteiger partial charge in [-0.3, -0.25) is 14.9 Å². The summed E-state index contributed by atoms with van der Waals surface area (Å²) in [5.41, 5.74) is 5.01. The number of hydroxylamine groups is 1. The lowest BCUT2D eigenvalue weighted by atomic mass is 10.0. The summed E-state index contributed by atoms with van der Waals surface area (Å²) in [6.45, 7) is 1.76. The van der Waals surface area contributed by atoms with Gasteiger partial charge in [0.05, 0.1) is 13.2 Å². The Hall–Kier alpha value is -3.19. The second-order valence-corrected chi connectivity index (χ2v) is 6.61. The highest BCUT2D eigenvalue weighted by Gasteiger charge is 2.10. The molecule has 0 aliphatic heterocycles. The van der Waals surface area contributed by atoms with E-state index in [4.69, 9.17) is 9.62 Å². The number of nitrogens with zero attached hydrogens (tertiary/aromatic N) is 1. The largest absolute Gasteiger partial charge is 0.460 e. The van der Waals surface area contributed by atoms with Gasteiger partial charge in [-0.2, -0.15) is 0 Å². The van der Waals surface area contributed by atoms with Crippen molar-refractivity contribution in [2.45, 2.75) is 13.1 Å². The molecule has 0 aliphatic carbocycles. The van der Waals surface area contributed by atoms with Gasteiger partial charge in [-0.25, -0.2) is 5.48 Å². The fourth-order valence-corrected chi connectivity index (χ4v) is 3.03. The molecule has 3 N–H and O–H groups in total. The molecule has 0 bridgehead atoms. The first-order chi connectivity index (χ1) is 14.2. The van der Waals surface area contributed by atoms with Crippen molar-refractivity contribution in [2.75, 3.05) is 13.2 Å². The van der Waals surface area contributed by atoms with Crippen LogP contribution in [0.3, 0.4) is 0 Å². The zero-order valence-corrected chi connectivity index (χ0v) is 16.0. The van der Waals surface area contributed by atoms with E-state index in [1.165, 1.54) is 23.2 Å². The second kappa shape index (κ2) is 10.4. The topological polar surface area (TPSA) is 85.9 Å². The fraction of sp³-hybridized carbons (Fsp3) is 0.174. The van der Waals surface area contributed by atoms with E-state index in [1.54, 1.807) is 6.07 Å².